The second kappa shape index (κ2) is 6.75. The Labute approximate surface area is 102 Å². The first-order chi connectivity index (χ1) is 8.13. The van der Waals surface area contributed by atoms with E-state index in [9.17, 15) is 4.79 Å². The molecule has 94 valence electrons. The van der Waals surface area contributed by atoms with Crippen molar-refractivity contribution in [3.05, 3.63) is 24.3 Å². The first-order valence-electron chi connectivity index (χ1n) is 5.46. The first kappa shape index (κ1) is 13.3. The molecule has 0 saturated carbocycles. The smallest absolute Gasteiger partial charge is 0.239 e. The van der Waals surface area contributed by atoms with Gasteiger partial charge in [0.2, 0.25) is 5.91 Å². The second-order valence-electron chi connectivity index (χ2n) is 3.79. The number of likely N-dealkylation sites (N-methyl/N-ethyl adjacent to an activating group) is 1. The molecule has 1 rings (SSSR count). The number of anilines is 2. The molecular formula is C12H19N3O2. The van der Waals surface area contributed by atoms with Crippen LogP contribution in [-0.4, -0.2) is 39.8 Å². The monoisotopic (exact) mass is 237 g/mol. The number of carbonyl (C=O) groups is 1. The van der Waals surface area contributed by atoms with E-state index in [0.29, 0.717) is 25.4 Å². The van der Waals surface area contributed by atoms with Crippen LogP contribution in [0, 0.1) is 0 Å². The van der Waals surface area contributed by atoms with Gasteiger partial charge in [-0.05, 0) is 18.2 Å². The maximum absolute atomic E-state index is 11.5. The summed E-state index contributed by atoms with van der Waals surface area (Å²) in [5.74, 6) is -0.0352. The number of ether oxygens (including phenoxy) is 1. The zero-order valence-electron chi connectivity index (χ0n) is 10.3. The third-order valence-electron chi connectivity index (χ3n) is 2.32. The van der Waals surface area contributed by atoms with Gasteiger partial charge in [0.25, 0.3) is 0 Å². The van der Waals surface area contributed by atoms with Crippen LogP contribution in [0.2, 0.25) is 0 Å². The summed E-state index contributed by atoms with van der Waals surface area (Å²) in [7, 11) is 3.45. The Bertz CT molecular complexity index is 369. The van der Waals surface area contributed by atoms with E-state index in [1.165, 1.54) is 0 Å². The topological polar surface area (TPSA) is 67.6 Å². The van der Waals surface area contributed by atoms with E-state index in [2.05, 4.69) is 5.32 Å². The molecule has 0 heterocycles. The number of rotatable bonds is 6. The molecule has 0 unspecified atom stereocenters. The number of nitrogens with two attached hydrogens (primary N) is 1. The minimum absolute atomic E-state index is 0.0352. The molecule has 1 aromatic carbocycles. The Hall–Kier alpha value is -1.75. The largest absolute Gasteiger partial charge is 0.399 e. The molecule has 5 heteroatoms. The minimum atomic E-state index is -0.0352. The molecule has 0 spiro atoms. The number of hydrogen-bond acceptors (Lipinski definition) is 4. The highest BCUT2D eigenvalue weighted by Gasteiger charge is 2.06. The summed E-state index contributed by atoms with van der Waals surface area (Å²) < 4.78 is 4.85. The van der Waals surface area contributed by atoms with Gasteiger partial charge in [-0.3, -0.25) is 4.79 Å². The molecular weight excluding hydrogens is 218 g/mol. The molecule has 0 fully saturated rings. The summed E-state index contributed by atoms with van der Waals surface area (Å²) >= 11 is 0. The van der Waals surface area contributed by atoms with Gasteiger partial charge in [0, 0.05) is 32.1 Å². The van der Waals surface area contributed by atoms with Crippen LogP contribution < -0.4 is 16.0 Å². The zero-order valence-corrected chi connectivity index (χ0v) is 10.3. The number of methoxy groups -OCH3 is 1. The lowest BCUT2D eigenvalue weighted by molar-refractivity contribution is -0.119. The zero-order chi connectivity index (χ0) is 12.7. The number of nitrogen functional groups attached to an aromatic ring is 1. The molecule has 0 aromatic heterocycles. The van der Waals surface area contributed by atoms with Crippen molar-refractivity contribution in [2.45, 2.75) is 0 Å². The average molecular weight is 237 g/mol. The fourth-order valence-electron chi connectivity index (χ4n) is 1.42. The quantitative estimate of drug-likeness (QED) is 0.557. The fraction of sp³-hybridized carbons (Fsp3) is 0.417. The number of nitrogens with zero attached hydrogens (tertiary/aromatic N) is 1. The molecule has 0 bridgehead atoms. The summed E-state index contributed by atoms with van der Waals surface area (Å²) in [5.41, 5.74) is 7.29. The maximum Gasteiger partial charge on any atom is 0.239 e. The highest BCUT2D eigenvalue weighted by molar-refractivity contribution is 5.81. The van der Waals surface area contributed by atoms with Gasteiger partial charge in [-0.2, -0.15) is 0 Å². The van der Waals surface area contributed by atoms with Crippen molar-refractivity contribution in [3.8, 4) is 0 Å². The van der Waals surface area contributed by atoms with E-state index in [-0.39, 0.29) is 5.91 Å². The van der Waals surface area contributed by atoms with Crippen LogP contribution in [-0.2, 0) is 9.53 Å². The van der Waals surface area contributed by atoms with Gasteiger partial charge < -0.3 is 20.7 Å². The van der Waals surface area contributed by atoms with Crippen LogP contribution in [0.1, 0.15) is 0 Å². The van der Waals surface area contributed by atoms with E-state index in [1.807, 2.05) is 36.2 Å². The minimum Gasteiger partial charge on any atom is -0.399 e. The van der Waals surface area contributed by atoms with Crippen LogP contribution in [0.25, 0.3) is 0 Å². The van der Waals surface area contributed by atoms with Gasteiger partial charge in [-0.1, -0.05) is 6.07 Å². The Morgan fingerprint density at radius 2 is 2.29 bits per heavy atom. The summed E-state index contributed by atoms with van der Waals surface area (Å²) in [6.07, 6.45) is 0. The van der Waals surface area contributed by atoms with Crippen molar-refractivity contribution < 1.29 is 9.53 Å². The van der Waals surface area contributed by atoms with Crippen molar-refractivity contribution >= 4 is 17.3 Å². The Morgan fingerprint density at radius 3 is 2.94 bits per heavy atom. The van der Waals surface area contributed by atoms with Crippen molar-refractivity contribution in [2.24, 2.45) is 0 Å². The normalized spacial score (nSPS) is 10.0. The van der Waals surface area contributed by atoms with E-state index < -0.39 is 0 Å². The van der Waals surface area contributed by atoms with Crippen LogP contribution in [0.4, 0.5) is 11.4 Å². The lowest BCUT2D eigenvalue weighted by atomic mass is 10.2. The summed E-state index contributed by atoms with van der Waals surface area (Å²) in [6, 6.07) is 7.43. The van der Waals surface area contributed by atoms with E-state index in [1.54, 1.807) is 7.11 Å². The Balaban J connectivity index is 2.43. The summed E-state index contributed by atoms with van der Waals surface area (Å²) in [5, 5.41) is 2.76. The third kappa shape index (κ3) is 4.74. The molecule has 0 radical (unpaired) electrons. The molecule has 0 atom stereocenters. The van der Waals surface area contributed by atoms with Crippen molar-refractivity contribution in [3.63, 3.8) is 0 Å². The molecule has 1 amide bonds. The number of benzene rings is 1. The molecule has 0 aliphatic rings. The predicted octanol–water partition coefficient (Wildman–Crippen LogP) is 0.468. The predicted molar refractivity (Wildman–Crippen MR) is 69.0 cm³/mol. The van der Waals surface area contributed by atoms with Gasteiger partial charge in [-0.25, -0.2) is 0 Å². The fourth-order valence-corrected chi connectivity index (χ4v) is 1.42. The van der Waals surface area contributed by atoms with Crippen molar-refractivity contribution in [1.29, 1.82) is 0 Å². The number of nitrogens with one attached hydrogen (secondary N) is 1. The number of hydrogen-bond donors (Lipinski definition) is 2. The van der Waals surface area contributed by atoms with Crippen LogP contribution in [0.3, 0.4) is 0 Å². The Morgan fingerprint density at radius 1 is 1.53 bits per heavy atom. The molecule has 1 aromatic rings. The highest BCUT2D eigenvalue weighted by Crippen LogP contribution is 2.15. The van der Waals surface area contributed by atoms with Crippen LogP contribution in [0.15, 0.2) is 24.3 Å². The van der Waals surface area contributed by atoms with E-state index >= 15 is 0 Å². The van der Waals surface area contributed by atoms with Gasteiger partial charge in [0.1, 0.15) is 0 Å². The van der Waals surface area contributed by atoms with E-state index in [0.717, 1.165) is 5.69 Å². The van der Waals surface area contributed by atoms with E-state index in [4.69, 9.17) is 10.5 Å². The van der Waals surface area contributed by atoms with Crippen LogP contribution >= 0.6 is 0 Å². The van der Waals surface area contributed by atoms with Gasteiger partial charge in [-0.15, -0.1) is 0 Å². The average Bonchev–Trinajstić information content (AvgIpc) is 2.29. The first-order valence-corrected chi connectivity index (χ1v) is 5.46. The molecule has 0 aliphatic carbocycles. The number of carbonyl (C=O) groups excluding carboxylic acids is 1. The summed E-state index contributed by atoms with van der Waals surface area (Å²) in [4.78, 5) is 13.4. The SMILES string of the molecule is COCCNC(=O)CN(C)c1cccc(N)c1. The Kier molecular flexibility index (Phi) is 5.29. The maximum atomic E-state index is 11.5. The molecule has 5 nitrogen and oxygen atoms in total. The van der Waals surface area contributed by atoms with Gasteiger partial charge in [0.15, 0.2) is 0 Å². The molecule has 0 aliphatic heterocycles. The third-order valence-corrected chi connectivity index (χ3v) is 2.32. The summed E-state index contributed by atoms with van der Waals surface area (Å²) in [6.45, 7) is 1.35. The second-order valence-corrected chi connectivity index (χ2v) is 3.79. The molecule has 0 saturated heterocycles. The molecule has 17 heavy (non-hydrogen) atoms. The van der Waals surface area contributed by atoms with Crippen LogP contribution in [0.5, 0.6) is 0 Å². The van der Waals surface area contributed by atoms with Gasteiger partial charge >= 0.3 is 0 Å². The lowest BCUT2D eigenvalue weighted by Crippen LogP contribution is -2.36. The highest BCUT2D eigenvalue weighted by atomic mass is 16.5. The van der Waals surface area contributed by atoms with Gasteiger partial charge in [0.05, 0.1) is 13.2 Å². The standard InChI is InChI=1S/C12H19N3O2/c1-15(9-12(16)14-6-7-17-2)11-5-3-4-10(13)8-11/h3-5,8H,6-7,9,13H2,1-2H3,(H,14,16). The number of amides is 1. The van der Waals surface area contributed by atoms with Crippen molar-refractivity contribution in [1.82, 2.24) is 5.32 Å². The molecule has 3 N–H and O–H groups in total. The van der Waals surface area contributed by atoms with Crippen molar-refractivity contribution in [2.75, 3.05) is 44.5 Å². The lowest BCUT2D eigenvalue weighted by Gasteiger charge is -2.19.